The number of ether oxygens (including phenoxy) is 1. The number of hydrogen-bond acceptors (Lipinski definition) is 5. The van der Waals surface area contributed by atoms with Gasteiger partial charge in [-0.05, 0) is 48.4 Å². The fourth-order valence-electron chi connectivity index (χ4n) is 3.69. The zero-order valence-electron chi connectivity index (χ0n) is 15.1. The van der Waals surface area contributed by atoms with Gasteiger partial charge in [0.15, 0.2) is 0 Å². The molecule has 2 heterocycles. The number of amides is 2. The predicted molar refractivity (Wildman–Crippen MR) is 105 cm³/mol. The molecule has 0 unspecified atom stereocenters. The molecule has 1 aromatic heterocycles. The summed E-state index contributed by atoms with van der Waals surface area (Å²) in [5, 5.41) is -0.171. The van der Waals surface area contributed by atoms with Crippen molar-refractivity contribution in [3.05, 3.63) is 47.3 Å². The molecule has 2 aromatic rings. The summed E-state index contributed by atoms with van der Waals surface area (Å²) in [4.78, 5) is 27.1. The molecule has 1 aromatic carbocycles. The van der Waals surface area contributed by atoms with Crippen molar-refractivity contribution in [2.45, 2.75) is 38.1 Å². The zero-order valence-corrected chi connectivity index (χ0v) is 16.0. The smallest absolute Gasteiger partial charge is 0.293 e. The van der Waals surface area contributed by atoms with E-state index < -0.39 is 0 Å². The van der Waals surface area contributed by atoms with E-state index in [0.717, 1.165) is 54.3 Å². The van der Waals surface area contributed by atoms with Crippen LogP contribution in [0.1, 0.15) is 37.9 Å². The summed E-state index contributed by atoms with van der Waals surface area (Å²) >= 11 is 1.00. The van der Waals surface area contributed by atoms with E-state index in [2.05, 4.69) is 0 Å². The predicted octanol–water partition coefficient (Wildman–Crippen LogP) is 5.32. The van der Waals surface area contributed by atoms with E-state index in [1.165, 1.54) is 11.3 Å². The third-order valence-electron chi connectivity index (χ3n) is 5.12. The molecule has 0 atom stereocenters. The summed E-state index contributed by atoms with van der Waals surface area (Å²) in [6.07, 6.45) is 8.42. The lowest BCUT2D eigenvalue weighted by atomic mass is 9.94. The van der Waals surface area contributed by atoms with Gasteiger partial charge in [-0.3, -0.25) is 14.5 Å². The van der Waals surface area contributed by atoms with Gasteiger partial charge in [0.25, 0.3) is 11.1 Å². The first-order valence-electron chi connectivity index (χ1n) is 9.16. The van der Waals surface area contributed by atoms with Crippen molar-refractivity contribution in [2.24, 2.45) is 0 Å². The van der Waals surface area contributed by atoms with Crippen molar-refractivity contribution >= 4 is 29.0 Å². The summed E-state index contributed by atoms with van der Waals surface area (Å²) < 4.78 is 10.8. The summed E-state index contributed by atoms with van der Waals surface area (Å²) in [6.45, 7) is 0. The second-order valence-electron chi connectivity index (χ2n) is 6.77. The first-order valence-corrected chi connectivity index (χ1v) is 9.98. The van der Waals surface area contributed by atoms with Crippen molar-refractivity contribution < 1.29 is 18.7 Å². The SMILES string of the molecule is COc1ccc(-c2ccoc2C=C2SC(=O)N(C3CCCCC3)C2=O)cc1. The van der Waals surface area contributed by atoms with Gasteiger partial charge in [0.2, 0.25) is 0 Å². The van der Waals surface area contributed by atoms with E-state index >= 15 is 0 Å². The van der Waals surface area contributed by atoms with Crippen LogP contribution in [-0.2, 0) is 4.79 Å². The number of hydrogen-bond donors (Lipinski definition) is 0. The lowest BCUT2D eigenvalue weighted by molar-refractivity contribution is -0.124. The molecule has 27 heavy (non-hydrogen) atoms. The van der Waals surface area contributed by atoms with Crippen LogP contribution in [0.5, 0.6) is 5.75 Å². The van der Waals surface area contributed by atoms with Gasteiger partial charge in [0, 0.05) is 17.7 Å². The minimum absolute atomic E-state index is 0.0369. The first kappa shape index (κ1) is 17.9. The molecule has 6 heteroatoms. The van der Waals surface area contributed by atoms with Gasteiger partial charge in [-0.25, -0.2) is 0 Å². The van der Waals surface area contributed by atoms with E-state index in [4.69, 9.17) is 9.15 Å². The third-order valence-corrected chi connectivity index (χ3v) is 6.01. The van der Waals surface area contributed by atoms with Gasteiger partial charge in [-0.2, -0.15) is 0 Å². The number of rotatable bonds is 4. The van der Waals surface area contributed by atoms with E-state index in [9.17, 15) is 9.59 Å². The normalized spacial score (nSPS) is 19.9. The topological polar surface area (TPSA) is 59.8 Å². The van der Waals surface area contributed by atoms with Crippen LogP contribution in [0.25, 0.3) is 17.2 Å². The summed E-state index contributed by atoms with van der Waals surface area (Å²) in [6, 6.07) is 9.53. The highest BCUT2D eigenvalue weighted by atomic mass is 32.2. The number of thioether (sulfide) groups is 1. The van der Waals surface area contributed by atoms with Crippen molar-refractivity contribution in [2.75, 3.05) is 7.11 Å². The molecule has 1 aliphatic heterocycles. The molecule has 1 aliphatic carbocycles. The lowest BCUT2D eigenvalue weighted by Gasteiger charge is -2.28. The Morgan fingerprint density at radius 3 is 2.56 bits per heavy atom. The van der Waals surface area contributed by atoms with Gasteiger partial charge < -0.3 is 9.15 Å². The van der Waals surface area contributed by atoms with E-state index in [-0.39, 0.29) is 17.2 Å². The molecule has 5 nitrogen and oxygen atoms in total. The van der Waals surface area contributed by atoms with Gasteiger partial charge in [0.05, 0.1) is 18.3 Å². The molecule has 0 bridgehead atoms. The van der Waals surface area contributed by atoms with Crippen LogP contribution >= 0.6 is 11.8 Å². The van der Waals surface area contributed by atoms with Crippen molar-refractivity contribution in [3.8, 4) is 16.9 Å². The Morgan fingerprint density at radius 2 is 1.85 bits per heavy atom. The fraction of sp³-hybridized carbons (Fsp3) is 0.333. The monoisotopic (exact) mass is 383 g/mol. The van der Waals surface area contributed by atoms with E-state index in [0.29, 0.717) is 10.7 Å². The maximum absolute atomic E-state index is 12.8. The number of carbonyl (C=O) groups is 2. The Morgan fingerprint density at radius 1 is 1.11 bits per heavy atom. The largest absolute Gasteiger partial charge is 0.497 e. The summed E-state index contributed by atoms with van der Waals surface area (Å²) in [5.74, 6) is 1.15. The average molecular weight is 383 g/mol. The molecular formula is C21H21NO4S. The van der Waals surface area contributed by atoms with Crippen molar-refractivity contribution in [1.82, 2.24) is 4.90 Å². The standard InChI is InChI=1S/C21H21NO4S/c1-25-16-9-7-14(8-10-16)17-11-12-26-18(17)13-19-20(23)22(21(24)27-19)15-5-3-2-4-6-15/h7-13,15H,2-6H2,1H3. The highest BCUT2D eigenvalue weighted by Crippen LogP contribution is 2.38. The van der Waals surface area contributed by atoms with Crippen LogP contribution in [0.3, 0.4) is 0 Å². The summed E-state index contributed by atoms with van der Waals surface area (Å²) in [7, 11) is 1.63. The van der Waals surface area contributed by atoms with Crippen molar-refractivity contribution in [1.29, 1.82) is 0 Å². The second-order valence-corrected chi connectivity index (χ2v) is 7.76. The number of imide groups is 1. The number of methoxy groups -OCH3 is 1. The quantitative estimate of drug-likeness (QED) is 0.668. The van der Waals surface area contributed by atoms with Crippen LogP contribution in [0.15, 0.2) is 45.9 Å². The maximum Gasteiger partial charge on any atom is 0.293 e. The second kappa shape index (κ2) is 7.64. The maximum atomic E-state index is 12.8. The third kappa shape index (κ3) is 3.54. The van der Waals surface area contributed by atoms with Crippen LogP contribution in [0.2, 0.25) is 0 Å². The summed E-state index contributed by atoms with van der Waals surface area (Å²) in [5.41, 5.74) is 1.84. The van der Waals surface area contributed by atoms with Gasteiger partial charge in [-0.15, -0.1) is 0 Å². The van der Waals surface area contributed by atoms with Crippen LogP contribution in [-0.4, -0.2) is 29.2 Å². The van der Waals surface area contributed by atoms with Crippen LogP contribution in [0, 0.1) is 0 Å². The molecule has 4 rings (SSSR count). The van der Waals surface area contributed by atoms with Gasteiger partial charge >= 0.3 is 0 Å². The molecule has 2 fully saturated rings. The molecular weight excluding hydrogens is 362 g/mol. The number of carbonyl (C=O) groups excluding carboxylic acids is 2. The molecule has 0 spiro atoms. The van der Waals surface area contributed by atoms with Gasteiger partial charge in [0.1, 0.15) is 11.5 Å². The fourth-order valence-corrected chi connectivity index (χ4v) is 4.56. The minimum atomic E-state index is -0.200. The molecule has 0 radical (unpaired) electrons. The Hall–Kier alpha value is -2.47. The zero-order chi connectivity index (χ0) is 18.8. The minimum Gasteiger partial charge on any atom is -0.497 e. The molecule has 1 saturated carbocycles. The lowest BCUT2D eigenvalue weighted by Crippen LogP contribution is -2.39. The number of benzene rings is 1. The molecule has 1 saturated heterocycles. The molecule has 2 amide bonds. The highest BCUT2D eigenvalue weighted by Gasteiger charge is 2.40. The average Bonchev–Trinajstić information content (AvgIpc) is 3.27. The van der Waals surface area contributed by atoms with E-state index in [1.807, 2.05) is 30.3 Å². The Kier molecular flexibility index (Phi) is 5.07. The molecule has 0 N–H and O–H groups in total. The highest BCUT2D eigenvalue weighted by molar-refractivity contribution is 8.18. The molecule has 2 aliphatic rings. The van der Waals surface area contributed by atoms with Crippen LogP contribution in [0.4, 0.5) is 4.79 Å². The Labute approximate surface area is 162 Å². The number of furan rings is 1. The number of nitrogens with zero attached hydrogens (tertiary/aromatic N) is 1. The van der Waals surface area contributed by atoms with Gasteiger partial charge in [-0.1, -0.05) is 31.4 Å². The first-order chi connectivity index (χ1) is 13.2. The van der Waals surface area contributed by atoms with E-state index in [1.54, 1.807) is 19.4 Å². The Bertz CT molecular complexity index is 878. The Balaban J connectivity index is 1.60. The van der Waals surface area contributed by atoms with Crippen LogP contribution < -0.4 is 4.74 Å². The molecule has 140 valence electrons. The van der Waals surface area contributed by atoms with Crippen molar-refractivity contribution in [3.63, 3.8) is 0 Å².